The average molecular weight is 338 g/mol. The normalized spacial score (nSPS) is 24.5. The van der Waals surface area contributed by atoms with Gasteiger partial charge in [-0.05, 0) is 46.0 Å². The van der Waals surface area contributed by atoms with Crippen LogP contribution in [-0.4, -0.2) is 74.2 Å². The van der Waals surface area contributed by atoms with E-state index in [0.717, 1.165) is 45.8 Å². The second-order valence-electron chi connectivity index (χ2n) is 7.20. The fraction of sp³-hybridized carbons (Fsp3) is 0.842. The van der Waals surface area contributed by atoms with Crippen LogP contribution < -0.4 is 5.32 Å². The Morgan fingerprint density at radius 2 is 2.25 bits per heavy atom. The number of hydrogen-bond acceptors (Lipinski definition) is 4. The van der Waals surface area contributed by atoms with Crippen LogP contribution in [0, 0.1) is 0 Å². The van der Waals surface area contributed by atoms with Crippen molar-refractivity contribution in [1.29, 1.82) is 0 Å². The number of allylic oxidation sites excluding steroid dienone is 1. The van der Waals surface area contributed by atoms with Gasteiger partial charge in [-0.1, -0.05) is 11.6 Å². The summed E-state index contributed by atoms with van der Waals surface area (Å²) in [5.41, 5.74) is 1.52. The van der Waals surface area contributed by atoms with E-state index in [4.69, 9.17) is 4.74 Å². The van der Waals surface area contributed by atoms with Gasteiger partial charge in [-0.15, -0.1) is 0 Å². The van der Waals surface area contributed by atoms with E-state index < -0.39 is 0 Å². The number of hydrogen-bond donors (Lipinski definition) is 1. The number of rotatable bonds is 8. The van der Waals surface area contributed by atoms with Gasteiger partial charge in [0.15, 0.2) is 0 Å². The zero-order valence-electron chi connectivity index (χ0n) is 15.7. The number of nitrogens with one attached hydrogen (secondary N) is 1. The van der Waals surface area contributed by atoms with Crippen LogP contribution in [0.15, 0.2) is 11.6 Å². The molecule has 1 aliphatic carbocycles. The van der Waals surface area contributed by atoms with Crippen LogP contribution in [0.5, 0.6) is 0 Å². The number of carbonyl (C=O) groups is 1. The monoisotopic (exact) mass is 337 g/mol. The molecule has 24 heavy (non-hydrogen) atoms. The van der Waals surface area contributed by atoms with Crippen LogP contribution in [-0.2, 0) is 9.53 Å². The molecule has 1 N–H and O–H groups in total. The summed E-state index contributed by atoms with van der Waals surface area (Å²) in [5, 5.41) is 3.13. The van der Waals surface area contributed by atoms with Gasteiger partial charge in [0.25, 0.3) is 0 Å². The smallest absolute Gasteiger partial charge is 0.237 e. The van der Waals surface area contributed by atoms with Crippen LogP contribution in [0.4, 0.5) is 0 Å². The number of amides is 1. The lowest BCUT2D eigenvalue weighted by Gasteiger charge is -2.41. The van der Waals surface area contributed by atoms with Gasteiger partial charge in [0, 0.05) is 45.9 Å². The molecule has 138 valence electrons. The molecule has 5 nitrogen and oxygen atoms in total. The molecule has 0 saturated carbocycles. The molecule has 0 unspecified atom stereocenters. The summed E-state index contributed by atoms with van der Waals surface area (Å²) in [6.07, 6.45) is 8.43. The van der Waals surface area contributed by atoms with E-state index in [2.05, 4.69) is 28.1 Å². The highest BCUT2D eigenvalue weighted by atomic mass is 16.5. The molecule has 1 saturated heterocycles. The third-order valence-electron chi connectivity index (χ3n) is 5.44. The van der Waals surface area contributed by atoms with E-state index in [1.54, 1.807) is 7.11 Å². The Balaban J connectivity index is 1.70. The largest absolute Gasteiger partial charge is 0.383 e. The predicted molar refractivity (Wildman–Crippen MR) is 98.1 cm³/mol. The molecule has 2 rings (SSSR count). The molecule has 0 aromatic heterocycles. The fourth-order valence-corrected chi connectivity index (χ4v) is 3.71. The average Bonchev–Trinajstić information content (AvgIpc) is 2.61. The Kier molecular flexibility index (Phi) is 8.22. The molecule has 1 fully saturated rings. The van der Waals surface area contributed by atoms with Crippen molar-refractivity contribution in [2.45, 2.75) is 58.0 Å². The van der Waals surface area contributed by atoms with Crippen molar-refractivity contribution in [2.24, 2.45) is 0 Å². The van der Waals surface area contributed by atoms with Crippen LogP contribution in [0.25, 0.3) is 0 Å². The minimum atomic E-state index is -0.0441. The van der Waals surface area contributed by atoms with Gasteiger partial charge in [0.2, 0.25) is 5.91 Å². The molecule has 1 aliphatic heterocycles. The van der Waals surface area contributed by atoms with E-state index in [9.17, 15) is 4.79 Å². The van der Waals surface area contributed by atoms with Crippen molar-refractivity contribution >= 4 is 5.91 Å². The molecule has 1 amide bonds. The molecule has 0 radical (unpaired) electrons. The third-order valence-corrected chi connectivity index (χ3v) is 5.44. The maximum atomic E-state index is 12.4. The molecule has 1 heterocycles. The number of nitrogens with zero attached hydrogens (tertiary/aromatic N) is 2. The molecule has 0 bridgehead atoms. The summed E-state index contributed by atoms with van der Waals surface area (Å²) in [5.74, 6) is 0.170. The highest BCUT2D eigenvalue weighted by Gasteiger charge is 2.29. The van der Waals surface area contributed by atoms with Gasteiger partial charge in [-0.2, -0.15) is 0 Å². The lowest BCUT2D eigenvalue weighted by atomic mass is 9.97. The summed E-state index contributed by atoms with van der Waals surface area (Å²) >= 11 is 0. The quantitative estimate of drug-likeness (QED) is 0.689. The summed E-state index contributed by atoms with van der Waals surface area (Å²) in [7, 11) is 1.75. The summed E-state index contributed by atoms with van der Waals surface area (Å²) in [4.78, 5) is 17.2. The summed E-state index contributed by atoms with van der Waals surface area (Å²) in [6.45, 7) is 9.71. The number of ether oxygens (including phenoxy) is 1. The van der Waals surface area contributed by atoms with Crippen LogP contribution >= 0.6 is 0 Å². The van der Waals surface area contributed by atoms with Crippen molar-refractivity contribution in [1.82, 2.24) is 15.1 Å². The molecule has 0 aromatic carbocycles. The first-order valence-corrected chi connectivity index (χ1v) is 9.54. The van der Waals surface area contributed by atoms with E-state index in [1.807, 2.05) is 6.92 Å². The van der Waals surface area contributed by atoms with Gasteiger partial charge in [-0.3, -0.25) is 14.6 Å². The summed E-state index contributed by atoms with van der Waals surface area (Å²) in [6, 6.07) is 0.425. The second-order valence-corrected chi connectivity index (χ2v) is 7.20. The Morgan fingerprint density at radius 1 is 1.42 bits per heavy atom. The minimum absolute atomic E-state index is 0.0441. The number of methoxy groups -OCH3 is 1. The Labute approximate surface area is 147 Å². The zero-order chi connectivity index (χ0) is 17.4. The lowest BCUT2D eigenvalue weighted by molar-refractivity contribution is -0.127. The second kappa shape index (κ2) is 10.2. The Bertz CT molecular complexity index is 425. The van der Waals surface area contributed by atoms with Gasteiger partial charge >= 0.3 is 0 Å². The van der Waals surface area contributed by atoms with Crippen LogP contribution in [0.1, 0.15) is 46.0 Å². The van der Waals surface area contributed by atoms with Crippen LogP contribution in [0.3, 0.4) is 0 Å². The van der Waals surface area contributed by atoms with Crippen molar-refractivity contribution in [3.05, 3.63) is 11.6 Å². The van der Waals surface area contributed by atoms with Crippen molar-refractivity contribution < 1.29 is 9.53 Å². The van der Waals surface area contributed by atoms with Crippen molar-refractivity contribution in [2.75, 3.05) is 46.4 Å². The Morgan fingerprint density at radius 3 is 2.92 bits per heavy atom. The van der Waals surface area contributed by atoms with Gasteiger partial charge in [-0.25, -0.2) is 0 Å². The van der Waals surface area contributed by atoms with E-state index in [0.29, 0.717) is 6.04 Å². The Hall–Kier alpha value is -0.910. The van der Waals surface area contributed by atoms with Gasteiger partial charge in [0.05, 0.1) is 12.6 Å². The van der Waals surface area contributed by atoms with Crippen molar-refractivity contribution in [3.63, 3.8) is 0 Å². The SMILES string of the molecule is COCCN1CCN([C@H](C)C(=O)NCCC2=CCCCC2)C[C@H]1C. The highest BCUT2D eigenvalue weighted by Crippen LogP contribution is 2.19. The standard InChI is InChI=1S/C19H35N3O2/c1-16-15-22(12-11-21(16)13-14-24-3)17(2)19(23)20-10-9-18-7-5-4-6-8-18/h7,16-17H,4-6,8-15H2,1-3H3,(H,20,23)/t16-,17-/m1/s1. The number of piperazine rings is 1. The van der Waals surface area contributed by atoms with E-state index >= 15 is 0 Å². The van der Waals surface area contributed by atoms with Gasteiger partial charge in [0.1, 0.15) is 0 Å². The molecule has 5 heteroatoms. The third kappa shape index (κ3) is 5.87. The maximum Gasteiger partial charge on any atom is 0.237 e. The minimum Gasteiger partial charge on any atom is -0.383 e. The van der Waals surface area contributed by atoms with E-state index in [-0.39, 0.29) is 11.9 Å². The molecule has 0 spiro atoms. The molecule has 0 aromatic rings. The maximum absolute atomic E-state index is 12.4. The first-order valence-electron chi connectivity index (χ1n) is 9.54. The first kappa shape index (κ1) is 19.4. The van der Waals surface area contributed by atoms with Gasteiger partial charge < -0.3 is 10.1 Å². The van der Waals surface area contributed by atoms with Crippen molar-refractivity contribution in [3.8, 4) is 0 Å². The zero-order valence-corrected chi connectivity index (χ0v) is 15.7. The molecular formula is C19H35N3O2. The highest BCUT2D eigenvalue weighted by molar-refractivity contribution is 5.81. The number of carbonyl (C=O) groups excluding carboxylic acids is 1. The molecular weight excluding hydrogens is 302 g/mol. The fourth-order valence-electron chi connectivity index (χ4n) is 3.71. The topological polar surface area (TPSA) is 44.8 Å². The molecule has 2 atom stereocenters. The molecule has 2 aliphatic rings. The predicted octanol–water partition coefficient (Wildman–Crippen LogP) is 2.03. The van der Waals surface area contributed by atoms with E-state index in [1.165, 1.54) is 31.3 Å². The lowest BCUT2D eigenvalue weighted by Crippen LogP contribution is -2.57. The first-order chi connectivity index (χ1) is 11.6. The summed E-state index contributed by atoms with van der Waals surface area (Å²) < 4.78 is 5.18. The van der Waals surface area contributed by atoms with Crippen LogP contribution in [0.2, 0.25) is 0 Å².